The van der Waals surface area contributed by atoms with Crippen molar-refractivity contribution in [3.05, 3.63) is 56.2 Å². The molecule has 0 aliphatic carbocycles. The molecule has 0 bridgehead atoms. The number of Topliss-reactive ketones (excluding diaryl/α,β-unsaturated/α-hetero) is 1. The van der Waals surface area contributed by atoms with E-state index in [0.717, 1.165) is 11.1 Å². The van der Waals surface area contributed by atoms with E-state index in [-0.39, 0.29) is 5.78 Å². The van der Waals surface area contributed by atoms with Crippen LogP contribution in [0.1, 0.15) is 26.4 Å². The van der Waals surface area contributed by atoms with E-state index in [1.54, 1.807) is 0 Å². The first-order valence-electron chi connectivity index (χ1n) is 5.40. The highest BCUT2D eigenvalue weighted by Gasteiger charge is 2.14. The molecule has 0 N–H and O–H groups in total. The average molecular weight is 265 g/mol. The summed E-state index contributed by atoms with van der Waals surface area (Å²) in [5, 5.41) is 2.53. The molecule has 2 rings (SSSR count). The number of rotatable bonds is 3. The third-order valence-electron chi connectivity index (χ3n) is 2.64. The fraction of sp³-hybridized carbons (Fsp3) is 0.214. The van der Waals surface area contributed by atoms with E-state index in [0.29, 0.717) is 16.3 Å². The molecule has 1 nitrogen and oxygen atoms in total. The maximum atomic E-state index is 12.1. The Balaban J connectivity index is 2.17. The van der Waals surface area contributed by atoms with Crippen molar-refractivity contribution >= 4 is 28.7 Å². The number of halogens is 1. The molecule has 3 heteroatoms. The Morgan fingerprint density at radius 1 is 1.24 bits per heavy atom. The van der Waals surface area contributed by atoms with Gasteiger partial charge in [0.2, 0.25) is 0 Å². The molecular formula is C14H13ClOS. The molecule has 0 unspecified atom stereocenters. The van der Waals surface area contributed by atoms with Crippen LogP contribution in [0.4, 0.5) is 0 Å². The smallest absolute Gasteiger partial charge is 0.178 e. The van der Waals surface area contributed by atoms with Crippen molar-refractivity contribution in [3.63, 3.8) is 0 Å². The van der Waals surface area contributed by atoms with Gasteiger partial charge in [0.25, 0.3) is 0 Å². The molecule has 0 atom stereocenters. The van der Waals surface area contributed by atoms with Gasteiger partial charge in [0.05, 0.1) is 9.90 Å². The minimum Gasteiger partial charge on any atom is -0.293 e. The van der Waals surface area contributed by atoms with Crippen LogP contribution in [0.2, 0.25) is 5.02 Å². The number of carbonyl (C=O) groups is 1. The summed E-state index contributed by atoms with van der Waals surface area (Å²) in [6.07, 6.45) is 0.417. The molecule has 0 radical (unpaired) electrons. The first kappa shape index (κ1) is 12.3. The lowest BCUT2D eigenvalue weighted by Gasteiger charge is -2.01. The molecule has 0 saturated heterocycles. The highest BCUT2D eigenvalue weighted by Crippen LogP contribution is 2.28. The lowest BCUT2D eigenvalue weighted by atomic mass is 10.1. The van der Waals surface area contributed by atoms with Crippen molar-refractivity contribution in [2.75, 3.05) is 0 Å². The van der Waals surface area contributed by atoms with Gasteiger partial charge in [-0.15, -0.1) is 11.3 Å². The van der Waals surface area contributed by atoms with Crippen LogP contribution in [0.5, 0.6) is 0 Å². The van der Waals surface area contributed by atoms with Crippen molar-refractivity contribution in [1.29, 1.82) is 0 Å². The van der Waals surface area contributed by atoms with Crippen LogP contribution < -0.4 is 0 Å². The number of hydrogen-bond acceptors (Lipinski definition) is 2. The van der Waals surface area contributed by atoms with E-state index in [1.165, 1.54) is 16.9 Å². The third-order valence-corrected chi connectivity index (χ3v) is 4.38. The maximum Gasteiger partial charge on any atom is 0.178 e. The van der Waals surface area contributed by atoms with Crippen molar-refractivity contribution in [2.45, 2.75) is 20.3 Å². The fourth-order valence-corrected chi connectivity index (χ4v) is 2.83. The second-order valence-electron chi connectivity index (χ2n) is 4.15. The molecule has 0 amide bonds. The van der Waals surface area contributed by atoms with Gasteiger partial charge in [-0.2, -0.15) is 0 Å². The van der Waals surface area contributed by atoms with E-state index in [9.17, 15) is 4.79 Å². The highest BCUT2D eigenvalue weighted by atomic mass is 35.5. The van der Waals surface area contributed by atoms with Crippen LogP contribution in [-0.2, 0) is 6.42 Å². The number of benzene rings is 1. The van der Waals surface area contributed by atoms with Crippen LogP contribution in [-0.4, -0.2) is 5.78 Å². The number of hydrogen-bond donors (Lipinski definition) is 0. The summed E-state index contributed by atoms with van der Waals surface area (Å²) < 4.78 is 0. The number of thiophene rings is 1. The fourth-order valence-electron chi connectivity index (χ4n) is 1.59. The zero-order valence-electron chi connectivity index (χ0n) is 9.79. The Morgan fingerprint density at radius 2 is 1.88 bits per heavy atom. The van der Waals surface area contributed by atoms with Crippen molar-refractivity contribution in [1.82, 2.24) is 0 Å². The van der Waals surface area contributed by atoms with E-state index in [1.807, 2.05) is 43.5 Å². The first-order chi connectivity index (χ1) is 8.08. The van der Waals surface area contributed by atoms with Gasteiger partial charge < -0.3 is 0 Å². The molecule has 0 aliphatic heterocycles. The van der Waals surface area contributed by atoms with E-state index >= 15 is 0 Å². The Kier molecular flexibility index (Phi) is 3.65. The quantitative estimate of drug-likeness (QED) is 0.749. The van der Waals surface area contributed by atoms with Gasteiger partial charge in [-0.25, -0.2) is 0 Å². The van der Waals surface area contributed by atoms with Gasteiger partial charge in [-0.05, 0) is 30.4 Å². The van der Waals surface area contributed by atoms with Gasteiger partial charge in [-0.3, -0.25) is 4.79 Å². The van der Waals surface area contributed by atoms with Gasteiger partial charge in [0.15, 0.2) is 5.78 Å². The normalized spacial score (nSPS) is 10.5. The maximum absolute atomic E-state index is 12.1. The predicted molar refractivity (Wildman–Crippen MR) is 73.3 cm³/mol. The second kappa shape index (κ2) is 5.03. The van der Waals surface area contributed by atoms with Crippen LogP contribution in [0.3, 0.4) is 0 Å². The largest absolute Gasteiger partial charge is 0.293 e. The van der Waals surface area contributed by atoms with Crippen molar-refractivity contribution in [2.24, 2.45) is 0 Å². The summed E-state index contributed by atoms with van der Waals surface area (Å²) in [5.74, 6) is 0.0944. The molecule has 0 aliphatic rings. The molecule has 0 saturated carbocycles. The summed E-state index contributed by atoms with van der Waals surface area (Å²) in [5.41, 5.74) is 3.21. The summed E-state index contributed by atoms with van der Waals surface area (Å²) in [4.78, 5) is 12.7. The number of ketones is 1. The Bertz CT molecular complexity index is 540. The summed E-state index contributed by atoms with van der Waals surface area (Å²) in [7, 11) is 0. The Hall–Kier alpha value is -1.12. The predicted octanol–water partition coefficient (Wildman–Crippen LogP) is 4.44. The number of carbonyl (C=O) groups excluding carboxylic acids is 1. The van der Waals surface area contributed by atoms with Crippen LogP contribution in [0, 0.1) is 13.8 Å². The van der Waals surface area contributed by atoms with E-state index in [4.69, 9.17) is 11.6 Å². The van der Waals surface area contributed by atoms with Gasteiger partial charge >= 0.3 is 0 Å². The minimum absolute atomic E-state index is 0.0944. The molecule has 0 spiro atoms. The van der Waals surface area contributed by atoms with Gasteiger partial charge in [0.1, 0.15) is 0 Å². The SMILES string of the molecule is Cc1ccc(CC(=O)c2scc(C)c2Cl)cc1. The third kappa shape index (κ3) is 2.76. The lowest BCUT2D eigenvalue weighted by molar-refractivity contribution is 0.0997. The highest BCUT2D eigenvalue weighted by molar-refractivity contribution is 7.13. The summed E-state index contributed by atoms with van der Waals surface area (Å²) in [6, 6.07) is 8.01. The first-order valence-corrected chi connectivity index (χ1v) is 6.66. The molecule has 1 heterocycles. The van der Waals surface area contributed by atoms with Gasteiger partial charge in [0, 0.05) is 6.42 Å². The van der Waals surface area contributed by atoms with Crippen molar-refractivity contribution in [3.8, 4) is 0 Å². The molecule has 1 aromatic heterocycles. The second-order valence-corrected chi connectivity index (χ2v) is 5.40. The average Bonchev–Trinajstić information content (AvgIpc) is 2.63. The van der Waals surface area contributed by atoms with E-state index in [2.05, 4.69) is 0 Å². The molecular weight excluding hydrogens is 252 g/mol. The number of aryl methyl sites for hydroxylation is 2. The zero-order valence-corrected chi connectivity index (χ0v) is 11.4. The topological polar surface area (TPSA) is 17.1 Å². The van der Waals surface area contributed by atoms with Crippen LogP contribution >= 0.6 is 22.9 Å². The summed E-state index contributed by atoms with van der Waals surface area (Å²) >= 11 is 7.51. The monoisotopic (exact) mass is 264 g/mol. The lowest BCUT2D eigenvalue weighted by Crippen LogP contribution is -2.01. The Labute approximate surface area is 110 Å². The van der Waals surface area contributed by atoms with E-state index < -0.39 is 0 Å². The summed E-state index contributed by atoms with van der Waals surface area (Å²) in [6.45, 7) is 3.95. The molecule has 88 valence electrons. The standard InChI is InChI=1S/C14H13ClOS/c1-9-3-5-11(6-4-9)7-12(16)14-13(15)10(2)8-17-14/h3-6,8H,7H2,1-2H3. The zero-order chi connectivity index (χ0) is 12.4. The van der Waals surface area contributed by atoms with Gasteiger partial charge in [-0.1, -0.05) is 41.4 Å². The molecule has 0 fully saturated rings. The van der Waals surface area contributed by atoms with Crippen molar-refractivity contribution < 1.29 is 4.79 Å². The van der Waals surface area contributed by atoms with Crippen LogP contribution in [0.15, 0.2) is 29.6 Å². The molecule has 1 aromatic carbocycles. The minimum atomic E-state index is 0.0944. The molecule has 2 aromatic rings. The molecule has 17 heavy (non-hydrogen) atoms. The van der Waals surface area contributed by atoms with Crippen LogP contribution in [0.25, 0.3) is 0 Å². The Morgan fingerprint density at radius 3 is 2.41 bits per heavy atom.